The topological polar surface area (TPSA) is 9.86 Å². The molecule has 2 nitrogen and oxygen atoms in total. The smallest absolute Gasteiger partial charge is 0.0541 e. The standard InChI is InChI=1S/C32H24N2/c1-21-22(2)28(34-31-17-9-5-13-25(31)26-14-6-10-18-32(26)34)20-19-27(21)33-29-15-7-3-11-23(29)24-12-4-8-16-30(24)33/h3-20H,1-2H3. The Kier molecular flexibility index (Phi) is 4.01. The quantitative estimate of drug-likeness (QED) is 0.257. The normalized spacial score (nSPS) is 11.8. The molecule has 7 rings (SSSR count). The number of para-hydroxylation sites is 4. The van der Waals surface area contributed by atoms with Gasteiger partial charge in [-0.3, -0.25) is 0 Å². The van der Waals surface area contributed by atoms with E-state index in [0.29, 0.717) is 0 Å². The average Bonchev–Trinajstić information content (AvgIpc) is 3.39. The van der Waals surface area contributed by atoms with Crippen molar-refractivity contribution in [2.24, 2.45) is 0 Å². The van der Waals surface area contributed by atoms with Crippen molar-refractivity contribution < 1.29 is 0 Å². The van der Waals surface area contributed by atoms with Crippen molar-refractivity contribution in [2.75, 3.05) is 0 Å². The summed E-state index contributed by atoms with van der Waals surface area (Å²) in [5.74, 6) is 0. The second-order valence-electron chi connectivity index (χ2n) is 9.09. The number of fused-ring (bicyclic) bond motifs is 6. The zero-order chi connectivity index (χ0) is 22.8. The van der Waals surface area contributed by atoms with Crippen molar-refractivity contribution in [1.82, 2.24) is 9.13 Å². The summed E-state index contributed by atoms with van der Waals surface area (Å²) in [6.45, 7) is 4.51. The lowest BCUT2D eigenvalue weighted by molar-refractivity contribution is 1.09. The monoisotopic (exact) mass is 436 g/mol. The lowest BCUT2D eigenvalue weighted by Crippen LogP contribution is -2.04. The highest BCUT2D eigenvalue weighted by molar-refractivity contribution is 6.10. The molecule has 5 aromatic carbocycles. The summed E-state index contributed by atoms with van der Waals surface area (Å²) in [5.41, 5.74) is 10.0. The van der Waals surface area contributed by atoms with E-state index in [4.69, 9.17) is 0 Å². The predicted octanol–water partition coefficient (Wildman–Crippen LogP) is 8.50. The fourth-order valence-corrected chi connectivity index (χ4v) is 5.64. The van der Waals surface area contributed by atoms with Crippen molar-refractivity contribution in [1.29, 1.82) is 0 Å². The number of nitrogens with zero attached hydrogens (tertiary/aromatic N) is 2. The molecule has 34 heavy (non-hydrogen) atoms. The van der Waals surface area contributed by atoms with Gasteiger partial charge in [-0.25, -0.2) is 0 Å². The van der Waals surface area contributed by atoms with Gasteiger partial charge in [-0.1, -0.05) is 72.8 Å². The fourth-order valence-electron chi connectivity index (χ4n) is 5.64. The summed E-state index contributed by atoms with van der Waals surface area (Å²) < 4.78 is 4.84. The molecule has 7 aromatic rings. The van der Waals surface area contributed by atoms with Gasteiger partial charge in [0.15, 0.2) is 0 Å². The molecule has 0 radical (unpaired) electrons. The Bertz CT molecular complexity index is 1640. The van der Waals surface area contributed by atoms with Crippen molar-refractivity contribution in [3.8, 4) is 11.4 Å². The first-order valence-corrected chi connectivity index (χ1v) is 11.8. The largest absolute Gasteiger partial charge is 0.309 e. The van der Waals surface area contributed by atoms with Gasteiger partial charge >= 0.3 is 0 Å². The maximum atomic E-state index is 2.42. The number of hydrogen-bond acceptors (Lipinski definition) is 0. The molecular formula is C32H24N2. The van der Waals surface area contributed by atoms with Gasteiger partial charge in [0.25, 0.3) is 0 Å². The van der Waals surface area contributed by atoms with E-state index in [-0.39, 0.29) is 0 Å². The third-order valence-electron chi connectivity index (χ3n) is 7.37. The molecule has 0 N–H and O–H groups in total. The molecule has 0 saturated heterocycles. The third kappa shape index (κ3) is 2.51. The van der Waals surface area contributed by atoms with Gasteiger partial charge in [0.1, 0.15) is 0 Å². The lowest BCUT2D eigenvalue weighted by atomic mass is 10.0. The summed E-state index contributed by atoms with van der Waals surface area (Å²) in [6.07, 6.45) is 0. The van der Waals surface area contributed by atoms with Crippen LogP contribution in [-0.2, 0) is 0 Å². The summed E-state index contributed by atoms with van der Waals surface area (Å²) in [5, 5.41) is 5.17. The molecule has 0 fully saturated rings. The van der Waals surface area contributed by atoms with E-state index in [0.717, 1.165) is 0 Å². The van der Waals surface area contributed by atoms with Crippen LogP contribution in [0, 0.1) is 13.8 Å². The minimum atomic E-state index is 1.24. The van der Waals surface area contributed by atoms with Crippen LogP contribution in [0.1, 0.15) is 11.1 Å². The van der Waals surface area contributed by atoms with E-state index in [9.17, 15) is 0 Å². The second kappa shape index (κ2) is 7.10. The molecule has 0 atom stereocenters. The maximum Gasteiger partial charge on any atom is 0.0541 e. The number of rotatable bonds is 2. The van der Waals surface area contributed by atoms with E-state index in [1.807, 2.05) is 0 Å². The van der Waals surface area contributed by atoms with E-state index in [2.05, 4.69) is 132 Å². The van der Waals surface area contributed by atoms with Crippen LogP contribution in [0.2, 0.25) is 0 Å². The molecule has 0 spiro atoms. The van der Waals surface area contributed by atoms with E-state index >= 15 is 0 Å². The molecule has 0 unspecified atom stereocenters. The second-order valence-corrected chi connectivity index (χ2v) is 9.09. The van der Waals surface area contributed by atoms with Gasteiger partial charge in [-0.15, -0.1) is 0 Å². The van der Waals surface area contributed by atoms with Crippen LogP contribution in [0.5, 0.6) is 0 Å². The molecule has 162 valence electrons. The van der Waals surface area contributed by atoms with Crippen LogP contribution in [0.25, 0.3) is 55.0 Å². The highest BCUT2D eigenvalue weighted by Crippen LogP contribution is 2.37. The van der Waals surface area contributed by atoms with Crippen LogP contribution in [-0.4, -0.2) is 9.13 Å². The number of hydrogen-bond donors (Lipinski definition) is 0. The van der Waals surface area contributed by atoms with Crippen molar-refractivity contribution in [3.05, 3.63) is 120 Å². The zero-order valence-corrected chi connectivity index (χ0v) is 19.3. The first-order chi connectivity index (χ1) is 16.7. The Morgan fingerprint density at radius 1 is 0.353 bits per heavy atom. The lowest BCUT2D eigenvalue weighted by Gasteiger charge is -2.18. The molecular weight excluding hydrogens is 412 g/mol. The number of benzene rings is 5. The zero-order valence-electron chi connectivity index (χ0n) is 19.3. The molecule has 2 aromatic heterocycles. The van der Waals surface area contributed by atoms with Gasteiger partial charge in [0, 0.05) is 32.9 Å². The first kappa shape index (κ1) is 19.2. The van der Waals surface area contributed by atoms with Crippen LogP contribution in [0.15, 0.2) is 109 Å². The summed E-state index contributed by atoms with van der Waals surface area (Å²) in [4.78, 5) is 0. The van der Waals surface area contributed by atoms with Crippen molar-refractivity contribution in [2.45, 2.75) is 13.8 Å². The van der Waals surface area contributed by atoms with Gasteiger partial charge in [-0.2, -0.15) is 0 Å². The Hall–Kier alpha value is -4.30. The van der Waals surface area contributed by atoms with E-state index in [1.54, 1.807) is 0 Å². The van der Waals surface area contributed by atoms with Crippen LogP contribution in [0.3, 0.4) is 0 Å². The SMILES string of the molecule is Cc1c(-n2c3ccccc3c3ccccc32)ccc(-n2c3ccccc3c3ccccc32)c1C. The molecule has 0 aliphatic heterocycles. The highest BCUT2D eigenvalue weighted by Gasteiger charge is 2.18. The minimum absolute atomic E-state index is 1.24. The fraction of sp³-hybridized carbons (Fsp3) is 0.0625. The van der Waals surface area contributed by atoms with Crippen LogP contribution >= 0.6 is 0 Å². The Labute approximate surface area is 198 Å². The van der Waals surface area contributed by atoms with Crippen LogP contribution in [0.4, 0.5) is 0 Å². The summed E-state index contributed by atoms with van der Waals surface area (Å²) >= 11 is 0. The minimum Gasteiger partial charge on any atom is -0.309 e. The molecule has 0 amide bonds. The highest BCUT2D eigenvalue weighted by atomic mass is 15.0. The molecule has 0 bridgehead atoms. The Balaban J connectivity index is 1.54. The summed E-state index contributed by atoms with van der Waals surface area (Å²) in [7, 11) is 0. The Morgan fingerprint density at radius 3 is 0.912 bits per heavy atom. The molecule has 2 heterocycles. The van der Waals surface area contributed by atoms with E-state index < -0.39 is 0 Å². The van der Waals surface area contributed by atoms with Gasteiger partial charge in [0.05, 0.1) is 22.1 Å². The van der Waals surface area contributed by atoms with Crippen molar-refractivity contribution in [3.63, 3.8) is 0 Å². The molecule has 0 aliphatic rings. The Morgan fingerprint density at radius 2 is 0.618 bits per heavy atom. The summed E-state index contributed by atoms with van der Waals surface area (Å²) in [6, 6.07) is 39.4. The molecule has 2 heteroatoms. The third-order valence-corrected chi connectivity index (χ3v) is 7.37. The van der Waals surface area contributed by atoms with Crippen molar-refractivity contribution >= 4 is 43.6 Å². The maximum absolute atomic E-state index is 2.42. The average molecular weight is 437 g/mol. The first-order valence-electron chi connectivity index (χ1n) is 11.8. The van der Waals surface area contributed by atoms with E-state index in [1.165, 1.54) is 66.1 Å². The van der Waals surface area contributed by atoms with Gasteiger partial charge < -0.3 is 9.13 Å². The van der Waals surface area contributed by atoms with Gasteiger partial charge in [0.2, 0.25) is 0 Å². The van der Waals surface area contributed by atoms with Gasteiger partial charge in [-0.05, 0) is 61.4 Å². The van der Waals surface area contributed by atoms with Crippen LogP contribution < -0.4 is 0 Å². The molecule has 0 aliphatic carbocycles. The predicted molar refractivity (Wildman–Crippen MR) is 145 cm³/mol. The molecule has 0 saturated carbocycles. The number of aromatic nitrogens is 2.